The normalized spacial score (nSPS) is 23.0. The van der Waals surface area contributed by atoms with E-state index in [1.165, 1.54) is 25.1 Å². The van der Waals surface area contributed by atoms with E-state index in [2.05, 4.69) is 22.3 Å². The number of fused-ring (bicyclic) bond motifs is 3. The highest BCUT2D eigenvalue weighted by Crippen LogP contribution is 2.41. The lowest BCUT2D eigenvalue weighted by Gasteiger charge is -2.35. The molecule has 0 aromatic heterocycles. The molecule has 0 spiro atoms. The van der Waals surface area contributed by atoms with Crippen molar-refractivity contribution in [2.45, 2.75) is 18.9 Å². The number of benzene rings is 1. The molecule has 0 aliphatic carbocycles. The van der Waals surface area contributed by atoms with Gasteiger partial charge in [-0.25, -0.2) is 0 Å². The molecule has 0 saturated carbocycles. The maximum Gasteiger partial charge on any atom is 0.144 e. The zero-order chi connectivity index (χ0) is 10.3. The molecule has 2 aliphatic heterocycles. The van der Waals surface area contributed by atoms with Gasteiger partial charge in [0.2, 0.25) is 0 Å². The average molecular weight is 204 g/mol. The Balaban J connectivity index is 2.07. The number of nitrogens with zero attached hydrogens (tertiary/aromatic N) is 1. The van der Waals surface area contributed by atoms with E-state index < -0.39 is 0 Å². The molecule has 2 aliphatic rings. The van der Waals surface area contributed by atoms with Gasteiger partial charge in [-0.15, -0.1) is 0 Å². The molecule has 2 heterocycles. The first kappa shape index (κ1) is 8.89. The fraction of sp³-hybridized carbons (Fsp3) is 0.500. The molecule has 1 fully saturated rings. The Bertz CT molecular complexity index is 378. The van der Waals surface area contributed by atoms with E-state index in [9.17, 15) is 0 Å². The van der Waals surface area contributed by atoms with Crippen LogP contribution in [0.4, 0.5) is 11.4 Å². The molecular formula is C12H16N2O. The molecule has 1 unspecified atom stereocenters. The van der Waals surface area contributed by atoms with Gasteiger partial charge in [0, 0.05) is 19.1 Å². The Hall–Kier alpha value is -1.38. The summed E-state index contributed by atoms with van der Waals surface area (Å²) in [5.74, 6) is 0.956. The largest absolute Gasteiger partial charge is 0.495 e. The molecule has 15 heavy (non-hydrogen) atoms. The summed E-state index contributed by atoms with van der Waals surface area (Å²) in [5.41, 5.74) is 2.47. The van der Waals surface area contributed by atoms with Crippen molar-refractivity contribution in [2.24, 2.45) is 0 Å². The van der Waals surface area contributed by atoms with Crippen molar-refractivity contribution in [1.82, 2.24) is 0 Å². The molecule has 80 valence electrons. The molecule has 3 rings (SSSR count). The zero-order valence-electron chi connectivity index (χ0n) is 8.99. The first-order valence-corrected chi connectivity index (χ1v) is 5.57. The predicted octanol–water partition coefficient (Wildman–Crippen LogP) is 2.09. The van der Waals surface area contributed by atoms with Crippen molar-refractivity contribution < 1.29 is 4.74 Å². The number of anilines is 2. The molecule has 3 nitrogen and oxygen atoms in total. The lowest BCUT2D eigenvalue weighted by molar-refractivity contribution is 0.415. The van der Waals surface area contributed by atoms with Crippen LogP contribution in [0, 0.1) is 0 Å². The molecule has 1 N–H and O–H groups in total. The van der Waals surface area contributed by atoms with Gasteiger partial charge in [-0.3, -0.25) is 0 Å². The van der Waals surface area contributed by atoms with Crippen LogP contribution in [-0.2, 0) is 0 Å². The van der Waals surface area contributed by atoms with Crippen LogP contribution in [0.1, 0.15) is 12.8 Å². The van der Waals surface area contributed by atoms with Crippen molar-refractivity contribution in [3.63, 3.8) is 0 Å². The van der Waals surface area contributed by atoms with E-state index in [-0.39, 0.29) is 0 Å². The van der Waals surface area contributed by atoms with Crippen LogP contribution in [0.15, 0.2) is 18.2 Å². The van der Waals surface area contributed by atoms with Crippen molar-refractivity contribution in [2.75, 3.05) is 30.4 Å². The minimum Gasteiger partial charge on any atom is -0.495 e. The second kappa shape index (κ2) is 3.33. The van der Waals surface area contributed by atoms with Gasteiger partial charge in [0.15, 0.2) is 0 Å². The average Bonchev–Trinajstić information content (AvgIpc) is 2.76. The first-order chi connectivity index (χ1) is 7.40. The van der Waals surface area contributed by atoms with E-state index in [4.69, 9.17) is 4.74 Å². The lowest BCUT2D eigenvalue weighted by atomic mass is 10.1. The molecule has 0 bridgehead atoms. The van der Waals surface area contributed by atoms with Gasteiger partial charge in [-0.1, -0.05) is 6.07 Å². The zero-order valence-corrected chi connectivity index (χ0v) is 8.99. The first-order valence-electron chi connectivity index (χ1n) is 5.57. The fourth-order valence-electron chi connectivity index (χ4n) is 2.69. The topological polar surface area (TPSA) is 24.5 Å². The quantitative estimate of drug-likeness (QED) is 0.758. The highest BCUT2D eigenvalue weighted by molar-refractivity contribution is 5.79. The van der Waals surface area contributed by atoms with Crippen molar-refractivity contribution in [3.05, 3.63) is 18.2 Å². The molecule has 1 saturated heterocycles. The summed E-state index contributed by atoms with van der Waals surface area (Å²) in [4.78, 5) is 2.51. The van der Waals surface area contributed by atoms with E-state index >= 15 is 0 Å². The number of methoxy groups -OCH3 is 1. The smallest absolute Gasteiger partial charge is 0.144 e. The summed E-state index contributed by atoms with van der Waals surface area (Å²) in [6.45, 7) is 2.24. The van der Waals surface area contributed by atoms with Crippen LogP contribution in [0.25, 0.3) is 0 Å². The molecule has 0 amide bonds. The Morgan fingerprint density at radius 1 is 1.47 bits per heavy atom. The Morgan fingerprint density at radius 2 is 2.40 bits per heavy atom. The van der Waals surface area contributed by atoms with Gasteiger partial charge in [-0.2, -0.15) is 0 Å². The van der Waals surface area contributed by atoms with E-state index in [1.54, 1.807) is 7.11 Å². The lowest BCUT2D eigenvalue weighted by Crippen LogP contribution is -2.39. The summed E-state index contributed by atoms with van der Waals surface area (Å²) in [7, 11) is 1.73. The molecule has 1 aromatic carbocycles. The van der Waals surface area contributed by atoms with Crippen LogP contribution < -0.4 is 15.0 Å². The van der Waals surface area contributed by atoms with E-state index in [1.807, 2.05) is 6.07 Å². The van der Waals surface area contributed by atoms with Crippen LogP contribution in [-0.4, -0.2) is 26.2 Å². The second-order valence-electron chi connectivity index (χ2n) is 4.22. The van der Waals surface area contributed by atoms with Gasteiger partial charge in [-0.05, 0) is 25.0 Å². The summed E-state index contributed by atoms with van der Waals surface area (Å²) in [6, 6.07) is 6.95. The van der Waals surface area contributed by atoms with Crippen LogP contribution in [0.3, 0.4) is 0 Å². The minimum absolute atomic E-state index is 0.685. The van der Waals surface area contributed by atoms with Crippen LogP contribution >= 0.6 is 0 Å². The minimum atomic E-state index is 0.685. The highest BCUT2D eigenvalue weighted by Gasteiger charge is 2.31. The third-order valence-corrected chi connectivity index (χ3v) is 3.43. The highest BCUT2D eigenvalue weighted by atomic mass is 16.5. The predicted molar refractivity (Wildman–Crippen MR) is 61.9 cm³/mol. The molecule has 1 aromatic rings. The Kier molecular flexibility index (Phi) is 1.97. The summed E-state index contributed by atoms with van der Waals surface area (Å²) >= 11 is 0. The monoisotopic (exact) mass is 204 g/mol. The van der Waals surface area contributed by atoms with Crippen molar-refractivity contribution in [3.8, 4) is 5.75 Å². The second-order valence-corrected chi connectivity index (χ2v) is 4.22. The maximum absolute atomic E-state index is 5.37. The fourth-order valence-corrected chi connectivity index (χ4v) is 2.69. The molecule has 1 atom stereocenters. The molecule has 0 radical (unpaired) electrons. The maximum atomic E-state index is 5.37. The number of ether oxygens (including phenoxy) is 1. The van der Waals surface area contributed by atoms with Gasteiger partial charge in [0.25, 0.3) is 0 Å². The third kappa shape index (κ3) is 1.26. The number of rotatable bonds is 1. The van der Waals surface area contributed by atoms with Crippen LogP contribution in [0.5, 0.6) is 5.75 Å². The van der Waals surface area contributed by atoms with Crippen molar-refractivity contribution >= 4 is 11.4 Å². The van der Waals surface area contributed by atoms with Crippen molar-refractivity contribution in [1.29, 1.82) is 0 Å². The van der Waals surface area contributed by atoms with Gasteiger partial charge < -0.3 is 15.0 Å². The van der Waals surface area contributed by atoms with Gasteiger partial charge in [0.05, 0.1) is 12.8 Å². The standard InChI is InChI=1S/C12H16N2O/c1-15-11-6-2-5-10-12(11)13-8-9-4-3-7-14(9)10/h2,5-6,9,13H,3-4,7-8H2,1H3. The number of hydrogen-bond acceptors (Lipinski definition) is 3. The molecule has 3 heteroatoms. The summed E-state index contributed by atoms with van der Waals surface area (Å²) in [6.07, 6.45) is 2.62. The van der Waals surface area contributed by atoms with Gasteiger partial charge in [0.1, 0.15) is 11.4 Å². The number of nitrogens with one attached hydrogen (secondary N) is 1. The SMILES string of the molecule is COc1cccc2c1NCC1CCCN21. The number of hydrogen-bond donors (Lipinski definition) is 1. The van der Waals surface area contributed by atoms with E-state index in [0.717, 1.165) is 18.0 Å². The summed E-state index contributed by atoms with van der Waals surface area (Å²) in [5, 5.41) is 3.49. The third-order valence-electron chi connectivity index (χ3n) is 3.43. The van der Waals surface area contributed by atoms with Gasteiger partial charge >= 0.3 is 0 Å². The summed E-state index contributed by atoms with van der Waals surface area (Å²) < 4.78 is 5.37. The van der Waals surface area contributed by atoms with E-state index in [0.29, 0.717) is 6.04 Å². The Labute approximate surface area is 90.0 Å². The van der Waals surface area contributed by atoms with Crippen LogP contribution in [0.2, 0.25) is 0 Å². The molecular weight excluding hydrogens is 188 g/mol. The number of para-hydroxylation sites is 1. The Morgan fingerprint density at radius 3 is 3.27 bits per heavy atom.